The highest BCUT2D eigenvalue weighted by Crippen LogP contribution is 2.43. The molecular formula is C18H26N2O. The second-order valence-corrected chi connectivity index (χ2v) is 6.79. The minimum atomic E-state index is -0.270. The molecule has 1 aromatic rings. The molecule has 3 nitrogen and oxygen atoms in total. The molecule has 3 rings (SSSR count). The van der Waals surface area contributed by atoms with Crippen LogP contribution >= 0.6 is 0 Å². The Bertz CT molecular complexity index is 512. The average molecular weight is 286 g/mol. The summed E-state index contributed by atoms with van der Waals surface area (Å²) in [6.45, 7) is 3.76. The fourth-order valence-electron chi connectivity index (χ4n) is 3.95. The van der Waals surface area contributed by atoms with Crippen LogP contribution in [0, 0.1) is 6.92 Å². The molecule has 2 fully saturated rings. The van der Waals surface area contributed by atoms with Gasteiger partial charge in [0.1, 0.15) is 0 Å². The van der Waals surface area contributed by atoms with Gasteiger partial charge in [-0.2, -0.15) is 0 Å². The minimum absolute atomic E-state index is 0.270. The van der Waals surface area contributed by atoms with E-state index in [4.69, 9.17) is 5.73 Å². The Hall–Kier alpha value is -1.35. The minimum Gasteiger partial charge on any atom is -0.342 e. The predicted molar refractivity (Wildman–Crippen MR) is 85.1 cm³/mol. The summed E-state index contributed by atoms with van der Waals surface area (Å²) < 4.78 is 0. The lowest BCUT2D eigenvalue weighted by Crippen LogP contribution is -2.50. The maximum atomic E-state index is 13.2. The standard InChI is InChI=1S/C18H26N2O/c1-14-5-4-6-15(13-14)18(9-2-3-10-18)17(21)20-11-7-16(19)8-12-20/h4-6,13,16H,2-3,7-12,19H2,1H3. The molecule has 0 radical (unpaired) electrons. The van der Waals surface area contributed by atoms with Gasteiger partial charge in [0, 0.05) is 19.1 Å². The van der Waals surface area contributed by atoms with E-state index in [0.717, 1.165) is 51.6 Å². The van der Waals surface area contributed by atoms with E-state index in [2.05, 4.69) is 36.1 Å². The summed E-state index contributed by atoms with van der Waals surface area (Å²) in [5.41, 5.74) is 8.17. The summed E-state index contributed by atoms with van der Waals surface area (Å²) in [5.74, 6) is 0.345. The molecule has 1 saturated carbocycles. The number of hydrogen-bond donors (Lipinski definition) is 1. The molecule has 114 valence electrons. The van der Waals surface area contributed by atoms with Gasteiger partial charge < -0.3 is 10.6 Å². The van der Waals surface area contributed by atoms with Gasteiger partial charge in [0.15, 0.2) is 0 Å². The molecule has 1 amide bonds. The van der Waals surface area contributed by atoms with Gasteiger partial charge in [-0.05, 0) is 38.2 Å². The van der Waals surface area contributed by atoms with Crippen molar-refractivity contribution >= 4 is 5.91 Å². The van der Waals surface area contributed by atoms with E-state index < -0.39 is 0 Å². The summed E-state index contributed by atoms with van der Waals surface area (Å²) in [6, 6.07) is 8.82. The summed E-state index contributed by atoms with van der Waals surface area (Å²) in [5, 5.41) is 0. The summed E-state index contributed by atoms with van der Waals surface area (Å²) in [7, 11) is 0. The molecule has 1 aromatic carbocycles. The lowest BCUT2D eigenvalue weighted by Gasteiger charge is -2.38. The van der Waals surface area contributed by atoms with Crippen LogP contribution in [0.2, 0.25) is 0 Å². The number of piperidine rings is 1. The van der Waals surface area contributed by atoms with Gasteiger partial charge in [0.05, 0.1) is 5.41 Å². The number of likely N-dealkylation sites (tertiary alicyclic amines) is 1. The molecule has 0 spiro atoms. The SMILES string of the molecule is Cc1cccc(C2(C(=O)N3CCC(N)CC3)CCCC2)c1. The van der Waals surface area contributed by atoms with Gasteiger partial charge in [0.25, 0.3) is 0 Å². The Balaban J connectivity index is 1.88. The third-order valence-electron chi connectivity index (χ3n) is 5.26. The number of carbonyl (C=O) groups excluding carboxylic acids is 1. The van der Waals surface area contributed by atoms with Crippen molar-refractivity contribution in [3.05, 3.63) is 35.4 Å². The number of nitrogens with two attached hydrogens (primary N) is 1. The van der Waals surface area contributed by atoms with Crippen LogP contribution in [0.15, 0.2) is 24.3 Å². The van der Waals surface area contributed by atoms with E-state index in [0.29, 0.717) is 5.91 Å². The van der Waals surface area contributed by atoms with E-state index in [9.17, 15) is 4.79 Å². The molecule has 0 aromatic heterocycles. The lowest BCUT2D eigenvalue weighted by molar-refractivity contribution is -0.138. The van der Waals surface area contributed by atoms with Crippen LogP contribution in [-0.2, 0) is 10.2 Å². The largest absolute Gasteiger partial charge is 0.342 e. The van der Waals surface area contributed by atoms with Crippen LogP contribution in [0.5, 0.6) is 0 Å². The Morgan fingerprint density at radius 1 is 1.24 bits per heavy atom. The molecule has 3 heteroatoms. The zero-order valence-corrected chi connectivity index (χ0v) is 13.0. The van der Waals surface area contributed by atoms with Crippen LogP contribution in [0.1, 0.15) is 49.7 Å². The van der Waals surface area contributed by atoms with Crippen molar-refractivity contribution in [2.24, 2.45) is 5.73 Å². The maximum Gasteiger partial charge on any atom is 0.233 e. The molecule has 0 atom stereocenters. The first kappa shape index (κ1) is 14.6. The highest BCUT2D eigenvalue weighted by molar-refractivity contribution is 5.88. The van der Waals surface area contributed by atoms with Gasteiger partial charge in [-0.15, -0.1) is 0 Å². The number of aryl methyl sites for hydroxylation is 1. The fraction of sp³-hybridized carbons (Fsp3) is 0.611. The molecule has 1 heterocycles. The van der Waals surface area contributed by atoms with Crippen molar-refractivity contribution in [2.45, 2.75) is 56.9 Å². The third-order valence-corrected chi connectivity index (χ3v) is 5.26. The topological polar surface area (TPSA) is 46.3 Å². The quantitative estimate of drug-likeness (QED) is 0.908. The van der Waals surface area contributed by atoms with Crippen molar-refractivity contribution in [3.8, 4) is 0 Å². The van der Waals surface area contributed by atoms with E-state index in [1.807, 2.05) is 0 Å². The number of carbonyl (C=O) groups is 1. The molecule has 2 aliphatic rings. The van der Waals surface area contributed by atoms with Crippen LogP contribution in [-0.4, -0.2) is 29.9 Å². The number of hydrogen-bond acceptors (Lipinski definition) is 2. The van der Waals surface area contributed by atoms with Gasteiger partial charge in [-0.1, -0.05) is 42.7 Å². The predicted octanol–water partition coefficient (Wildman–Crippen LogP) is 2.76. The Morgan fingerprint density at radius 3 is 2.52 bits per heavy atom. The number of rotatable bonds is 2. The van der Waals surface area contributed by atoms with Crippen molar-refractivity contribution in [2.75, 3.05) is 13.1 Å². The van der Waals surface area contributed by atoms with E-state index in [1.165, 1.54) is 11.1 Å². The van der Waals surface area contributed by atoms with Crippen LogP contribution < -0.4 is 5.73 Å². The Kier molecular flexibility index (Phi) is 4.03. The second kappa shape index (κ2) is 5.80. The molecule has 0 bridgehead atoms. The molecule has 2 N–H and O–H groups in total. The van der Waals surface area contributed by atoms with Crippen molar-refractivity contribution in [3.63, 3.8) is 0 Å². The van der Waals surface area contributed by atoms with Crippen molar-refractivity contribution < 1.29 is 4.79 Å². The average Bonchev–Trinajstić information content (AvgIpc) is 2.98. The highest BCUT2D eigenvalue weighted by Gasteiger charge is 2.45. The van der Waals surface area contributed by atoms with Crippen LogP contribution in [0.4, 0.5) is 0 Å². The van der Waals surface area contributed by atoms with Gasteiger partial charge in [-0.25, -0.2) is 0 Å². The van der Waals surface area contributed by atoms with E-state index in [1.54, 1.807) is 0 Å². The number of benzene rings is 1. The van der Waals surface area contributed by atoms with Gasteiger partial charge in [-0.3, -0.25) is 4.79 Å². The zero-order valence-electron chi connectivity index (χ0n) is 13.0. The van der Waals surface area contributed by atoms with Gasteiger partial charge in [0.2, 0.25) is 5.91 Å². The number of nitrogens with zero attached hydrogens (tertiary/aromatic N) is 1. The smallest absolute Gasteiger partial charge is 0.233 e. The van der Waals surface area contributed by atoms with Gasteiger partial charge >= 0.3 is 0 Å². The molecule has 1 aliphatic carbocycles. The van der Waals surface area contributed by atoms with Crippen LogP contribution in [0.3, 0.4) is 0 Å². The summed E-state index contributed by atoms with van der Waals surface area (Å²) >= 11 is 0. The zero-order chi connectivity index (χ0) is 14.9. The van der Waals surface area contributed by atoms with Crippen LogP contribution in [0.25, 0.3) is 0 Å². The van der Waals surface area contributed by atoms with E-state index in [-0.39, 0.29) is 11.5 Å². The second-order valence-electron chi connectivity index (χ2n) is 6.79. The van der Waals surface area contributed by atoms with Crippen molar-refractivity contribution in [1.82, 2.24) is 4.90 Å². The monoisotopic (exact) mass is 286 g/mol. The van der Waals surface area contributed by atoms with Crippen molar-refractivity contribution in [1.29, 1.82) is 0 Å². The summed E-state index contributed by atoms with van der Waals surface area (Å²) in [4.78, 5) is 15.3. The molecule has 21 heavy (non-hydrogen) atoms. The van der Waals surface area contributed by atoms with E-state index >= 15 is 0 Å². The first-order valence-corrected chi connectivity index (χ1v) is 8.24. The first-order valence-electron chi connectivity index (χ1n) is 8.24. The molecule has 1 aliphatic heterocycles. The highest BCUT2D eigenvalue weighted by atomic mass is 16.2. The lowest BCUT2D eigenvalue weighted by atomic mass is 9.76. The number of amides is 1. The maximum absolute atomic E-state index is 13.2. The fourth-order valence-corrected chi connectivity index (χ4v) is 3.95. The Labute approximate surface area is 127 Å². The molecule has 1 saturated heterocycles. The first-order chi connectivity index (χ1) is 10.1. The molecular weight excluding hydrogens is 260 g/mol. The molecule has 0 unspecified atom stereocenters. The third kappa shape index (κ3) is 2.71. The summed E-state index contributed by atoms with van der Waals surface area (Å²) in [6.07, 6.45) is 6.20. The Morgan fingerprint density at radius 2 is 1.90 bits per heavy atom. The normalized spacial score (nSPS) is 22.5.